The Kier molecular flexibility index (Phi) is 6.12. The maximum absolute atomic E-state index is 13.2. The molecule has 0 amide bonds. The molecule has 0 unspecified atom stereocenters. The molecule has 132 valence electrons. The molecule has 2 aromatic carbocycles. The fourth-order valence-corrected chi connectivity index (χ4v) is 3.44. The average molecular weight is 398 g/mol. The Hall–Kier alpha value is -1.40. The molecule has 0 atom stereocenters. The zero-order valence-electron chi connectivity index (χ0n) is 13.5. The number of nitrogens with one attached hydrogen (secondary N) is 1. The van der Waals surface area contributed by atoms with Crippen LogP contribution in [0.4, 0.5) is 10.1 Å². The van der Waals surface area contributed by atoms with E-state index in [1.807, 2.05) is 24.3 Å². The van der Waals surface area contributed by atoms with E-state index in [-0.39, 0.29) is 10.8 Å². The summed E-state index contributed by atoms with van der Waals surface area (Å²) in [7, 11) is 0. The van der Waals surface area contributed by atoms with Gasteiger partial charge in [0.2, 0.25) is 0 Å². The third-order valence-corrected chi connectivity index (χ3v) is 5.14. The summed E-state index contributed by atoms with van der Waals surface area (Å²) in [5.74, 6) is -0.383. The lowest BCUT2D eigenvalue weighted by molar-refractivity contribution is 0.177. The molecule has 0 aromatic heterocycles. The molecule has 1 fully saturated rings. The first-order chi connectivity index (χ1) is 12.0. The fraction of sp³-hybridized carbons (Fsp3) is 0.278. The quantitative estimate of drug-likeness (QED) is 0.759. The van der Waals surface area contributed by atoms with Crippen LogP contribution in [0.15, 0.2) is 42.5 Å². The molecule has 0 aliphatic carbocycles. The summed E-state index contributed by atoms with van der Waals surface area (Å²) in [4.78, 5) is 4.44. The van der Waals surface area contributed by atoms with Crippen molar-refractivity contribution < 1.29 is 4.39 Å². The molecule has 1 heterocycles. The van der Waals surface area contributed by atoms with Crippen molar-refractivity contribution in [3.63, 3.8) is 0 Å². The van der Waals surface area contributed by atoms with Crippen LogP contribution in [0.25, 0.3) is 0 Å². The number of thiocarbonyl (C=S) groups is 1. The van der Waals surface area contributed by atoms with E-state index in [1.165, 1.54) is 6.07 Å². The van der Waals surface area contributed by atoms with E-state index < -0.39 is 0 Å². The van der Waals surface area contributed by atoms with Gasteiger partial charge in [0.25, 0.3) is 0 Å². The van der Waals surface area contributed by atoms with E-state index in [9.17, 15) is 4.39 Å². The molecular formula is C18H18Cl2FN3S. The van der Waals surface area contributed by atoms with Gasteiger partial charge in [-0.05, 0) is 42.0 Å². The van der Waals surface area contributed by atoms with Crippen LogP contribution in [0, 0.1) is 5.82 Å². The van der Waals surface area contributed by atoms with Crippen LogP contribution in [0.2, 0.25) is 10.0 Å². The first-order valence-corrected chi connectivity index (χ1v) is 9.16. The van der Waals surface area contributed by atoms with Crippen molar-refractivity contribution in [1.29, 1.82) is 0 Å². The van der Waals surface area contributed by atoms with Gasteiger partial charge in [-0.25, -0.2) is 4.39 Å². The second-order valence-corrected chi connectivity index (χ2v) is 7.12. The monoisotopic (exact) mass is 397 g/mol. The Morgan fingerprint density at radius 2 is 1.76 bits per heavy atom. The summed E-state index contributed by atoms with van der Waals surface area (Å²) < 4.78 is 13.2. The molecule has 3 rings (SSSR count). The number of rotatable bonds is 3. The van der Waals surface area contributed by atoms with Crippen LogP contribution >= 0.6 is 35.4 Å². The van der Waals surface area contributed by atoms with Crippen molar-refractivity contribution in [3.8, 4) is 0 Å². The molecule has 1 aliphatic rings. The first-order valence-electron chi connectivity index (χ1n) is 7.99. The topological polar surface area (TPSA) is 18.5 Å². The van der Waals surface area contributed by atoms with Crippen LogP contribution in [0.5, 0.6) is 0 Å². The molecule has 2 aromatic rings. The van der Waals surface area contributed by atoms with Crippen molar-refractivity contribution in [3.05, 3.63) is 63.9 Å². The van der Waals surface area contributed by atoms with Crippen molar-refractivity contribution in [2.75, 3.05) is 31.5 Å². The number of halogens is 3. The van der Waals surface area contributed by atoms with Crippen molar-refractivity contribution in [2.45, 2.75) is 6.54 Å². The van der Waals surface area contributed by atoms with Gasteiger partial charge in [-0.2, -0.15) is 0 Å². The Labute approximate surface area is 162 Å². The highest BCUT2D eigenvalue weighted by molar-refractivity contribution is 7.80. The summed E-state index contributed by atoms with van der Waals surface area (Å²) in [6.07, 6.45) is 0. The Morgan fingerprint density at radius 1 is 1.04 bits per heavy atom. The summed E-state index contributed by atoms with van der Waals surface area (Å²) in [5.41, 5.74) is 1.83. The fourth-order valence-electron chi connectivity index (χ4n) is 2.76. The predicted octanol–water partition coefficient (Wildman–Crippen LogP) is 4.65. The average Bonchev–Trinajstić information content (AvgIpc) is 2.61. The van der Waals surface area contributed by atoms with Gasteiger partial charge < -0.3 is 10.2 Å². The number of hydrogen-bond donors (Lipinski definition) is 1. The number of anilines is 1. The van der Waals surface area contributed by atoms with E-state index >= 15 is 0 Å². The Bertz CT molecular complexity index is 764. The van der Waals surface area contributed by atoms with Crippen LogP contribution < -0.4 is 5.32 Å². The molecule has 7 heteroatoms. The number of piperazine rings is 1. The van der Waals surface area contributed by atoms with Crippen molar-refractivity contribution in [2.24, 2.45) is 0 Å². The third-order valence-electron chi connectivity index (χ3n) is 4.17. The van der Waals surface area contributed by atoms with Crippen LogP contribution in [-0.4, -0.2) is 41.1 Å². The normalized spacial score (nSPS) is 15.2. The minimum Gasteiger partial charge on any atom is -0.346 e. The molecule has 1 aliphatic heterocycles. The maximum atomic E-state index is 13.2. The second-order valence-electron chi connectivity index (χ2n) is 5.92. The van der Waals surface area contributed by atoms with Crippen LogP contribution in [0.3, 0.4) is 0 Å². The van der Waals surface area contributed by atoms with Crippen LogP contribution in [-0.2, 0) is 6.54 Å². The molecule has 1 N–H and O–H groups in total. The summed E-state index contributed by atoms with van der Waals surface area (Å²) in [6, 6.07) is 12.4. The predicted molar refractivity (Wildman–Crippen MR) is 106 cm³/mol. The molecule has 3 nitrogen and oxygen atoms in total. The highest BCUT2D eigenvalue weighted by Gasteiger charge is 2.19. The molecule has 0 spiro atoms. The number of benzene rings is 2. The zero-order chi connectivity index (χ0) is 17.8. The van der Waals surface area contributed by atoms with Gasteiger partial charge in [-0.3, -0.25) is 4.90 Å². The molecule has 0 radical (unpaired) electrons. The smallest absolute Gasteiger partial charge is 0.173 e. The maximum Gasteiger partial charge on any atom is 0.173 e. The van der Waals surface area contributed by atoms with Gasteiger partial charge in [0.1, 0.15) is 5.82 Å². The largest absolute Gasteiger partial charge is 0.346 e. The minimum atomic E-state index is -0.383. The summed E-state index contributed by atoms with van der Waals surface area (Å²) >= 11 is 17.5. The Morgan fingerprint density at radius 3 is 2.44 bits per heavy atom. The Balaban J connectivity index is 1.52. The SMILES string of the molecule is Fc1ccc(CN2CCN(C(=S)Nc3ccccc3Cl)CC2)cc1Cl. The van der Waals surface area contributed by atoms with Gasteiger partial charge in [0.05, 0.1) is 15.7 Å². The van der Waals surface area contributed by atoms with Gasteiger partial charge >= 0.3 is 0 Å². The minimum absolute atomic E-state index is 0.168. The molecule has 1 saturated heterocycles. The molecule has 25 heavy (non-hydrogen) atoms. The highest BCUT2D eigenvalue weighted by Crippen LogP contribution is 2.21. The first kappa shape index (κ1) is 18.4. The second kappa shape index (κ2) is 8.32. The lowest BCUT2D eigenvalue weighted by Crippen LogP contribution is -2.49. The van der Waals surface area contributed by atoms with Crippen molar-refractivity contribution in [1.82, 2.24) is 9.80 Å². The highest BCUT2D eigenvalue weighted by atomic mass is 35.5. The van der Waals surface area contributed by atoms with E-state index in [2.05, 4.69) is 15.1 Å². The standard InChI is InChI=1S/C18H18Cl2FN3S/c19-14-3-1-2-4-17(14)22-18(25)24-9-7-23(8-10-24)12-13-5-6-16(21)15(20)11-13/h1-6,11H,7-10,12H2,(H,22,25). The van der Waals surface area contributed by atoms with Crippen molar-refractivity contribution >= 4 is 46.2 Å². The molecular weight excluding hydrogens is 380 g/mol. The van der Waals surface area contributed by atoms with Gasteiger partial charge in [0, 0.05) is 32.7 Å². The van der Waals surface area contributed by atoms with E-state index in [0.29, 0.717) is 10.1 Å². The summed E-state index contributed by atoms with van der Waals surface area (Å²) in [5, 5.41) is 4.70. The third kappa shape index (κ3) is 4.82. The van der Waals surface area contributed by atoms with E-state index in [4.69, 9.17) is 35.4 Å². The summed E-state index contributed by atoms with van der Waals surface area (Å²) in [6.45, 7) is 4.15. The molecule has 0 saturated carbocycles. The van der Waals surface area contributed by atoms with E-state index in [0.717, 1.165) is 44.0 Å². The van der Waals surface area contributed by atoms with Gasteiger partial charge in [-0.1, -0.05) is 41.4 Å². The number of hydrogen-bond acceptors (Lipinski definition) is 2. The van der Waals surface area contributed by atoms with E-state index in [1.54, 1.807) is 12.1 Å². The lowest BCUT2D eigenvalue weighted by atomic mass is 10.2. The van der Waals surface area contributed by atoms with Crippen LogP contribution in [0.1, 0.15) is 5.56 Å². The lowest BCUT2D eigenvalue weighted by Gasteiger charge is -2.36. The number of nitrogens with zero attached hydrogens (tertiary/aromatic N) is 2. The zero-order valence-corrected chi connectivity index (χ0v) is 15.8. The van der Waals surface area contributed by atoms with Gasteiger partial charge in [0.15, 0.2) is 5.11 Å². The molecule has 0 bridgehead atoms. The van der Waals surface area contributed by atoms with Gasteiger partial charge in [-0.15, -0.1) is 0 Å². The number of para-hydroxylation sites is 1.